The highest BCUT2D eigenvalue weighted by atomic mass is 16.4. The van der Waals surface area contributed by atoms with Gasteiger partial charge in [0.1, 0.15) is 5.54 Å². The van der Waals surface area contributed by atoms with Crippen molar-refractivity contribution in [3.05, 3.63) is 0 Å². The van der Waals surface area contributed by atoms with Gasteiger partial charge in [0.05, 0.1) is 0 Å². The molecule has 1 saturated heterocycles. The van der Waals surface area contributed by atoms with Crippen molar-refractivity contribution in [1.29, 1.82) is 0 Å². The van der Waals surface area contributed by atoms with E-state index in [1.54, 1.807) is 14.0 Å². The maximum absolute atomic E-state index is 11.2. The fourth-order valence-corrected chi connectivity index (χ4v) is 2.65. The number of piperidine rings is 1. The summed E-state index contributed by atoms with van der Waals surface area (Å²) in [4.78, 5) is 15.9. The zero-order valence-electron chi connectivity index (χ0n) is 12.8. The van der Waals surface area contributed by atoms with E-state index in [1.807, 2.05) is 0 Å². The Bertz CT molecular complexity index is 288. The van der Waals surface area contributed by atoms with Crippen molar-refractivity contribution in [1.82, 2.24) is 15.1 Å². The SMILES string of the molecule is CNC(C)(CCCN1CCC(N(C)C)CC1)C(=O)O. The molecule has 1 aliphatic heterocycles. The van der Waals surface area contributed by atoms with E-state index in [0.717, 1.165) is 26.1 Å². The first-order chi connectivity index (χ1) is 8.89. The van der Waals surface area contributed by atoms with Crippen LogP contribution in [0.15, 0.2) is 0 Å². The summed E-state index contributed by atoms with van der Waals surface area (Å²) in [7, 11) is 6.01. The van der Waals surface area contributed by atoms with Crippen molar-refractivity contribution in [2.24, 2.45) is 0 Å². The maximum Gasteiger partial charge on any atom is 0.323 e. The molecule has 2 N–H and O–H groups in total. The molecule has 0 aromatic carbocycles. The molecule has 19 heavy (non-hydrogen) atoms. The molecule has 1 rings (SSSR count). The van der Waals surface area contributed by atoms with Crippen LogP contribution in [0.5, 0.6) is 0 Å². The van der Waals surface area contributed by atoms with Gasteiger partial charge in [-0.25, -0.2) is 0 Å². The lowest BCUT2D eigenvalue weighted by Crippen LogP contribution is -2.48. The van der Waals surface area contributed by atoms with Crippen LogP contribution < -0.4 is 5.32 Å². The number of likely N-dealkylation sites (tertiary alicyclic amines) is 1. The van der Waals surface area contributed by atoms with Gasteiger partial charge in [-0.2, -0.15) is 0 Å². The molecule has 0 amide bonds. The summed E-state index contributed by atoms with van der Waals surface area (Å²) in [5, 5.41) is 12.1. The molecule has 0 aliphatic carbocycles. The first-order valence-electron chi connectivity index (χ1n) is 7.20. The van der Waals surface area contributed by atoms with Crippen molar-refractivity contribution >= 4 is 5.97 Å². The van der Waals surface area contributed by atoms with Crippen molar-refractivity contribution < 1.29 is 9.90 Å². The number of aliphatic carboxylic acids is 1. The third-order valence-electron chi connectivity index (χ3n) is 4.46. The van der Waals surface area contributed by atoms with E-state index in [2.05, 4.69) is 29.2 Å². The molecule has 0 aromatic rings. The fourth-order valence-electron chi connectivity index (χ4n) is 2.65. The zero-order chi connectivity index (χ0) is 14.5. The summed E-state index contributed by atoms with van der Waals surface area (Å²) < 4.78 is 0. The highest BCUT2D eigenvalue weighted by Crippen LogP contribution is 2.17. The van der Waals surface area contributed by atoms with Crippen LogP contribution in [0.2, 0.25) is 0 Å². The Hall–Kier alpha value is -0.650. The highest BCUT2D eigenvalue weighted by molar-refractivity contribution is 5.78. The van der Waals surface area contributed by atoms with Crippen LogP contribution in [0.3, 0.4) is 0 Å². The predicted molar refractivity (Wildman–Crippen MR) is 77.5 cm³/mol. The van der Waals surface area contributed by atoms with E-state index in [9.17, 15) is 9.90 Å². The molecule has 0 spiro atoms. The molecule has 112 valence electrons. The quantitative estimate of drug-likeness (QED) is 0.719. The summed E-state index contributed by atoms with van der Waals surface area (Å²) >= 11 is 0. The number of likely N-dealkylation sites (N-methyl/N-ethyl adjacent to an activating group) is 1. The molecule has 1 aliphatic rings. The minimum atomic E-state index is -0.790. The summed E-state index contributed by atoms with van der Waals surface area (Å²) in [6, 6.07) is 0.706. The third kappa shape index (κ3) is 4.75. The standard InChI is InChI=1S/C14H29N3O2/c1-14(15-2,13(18)19)8-5-9-17-10-6-12(7-11-17)16(3)4/h12,15H,5-11H2,1-4H3,(H,18,19). The summed E-state index contributed by atoms with van der Waals surface area (Å²) in [6.45, 7) is 5.02. The molecule has 1 fully saturated rings. The van der Waals surface area contributed by atoms with E-state index in [0.29, 0.717) is 12.5 Å². The van der Waals surface area contributed by atoms with Gasteiger partial charge in [-0.3, -0.25) is 4.79 Å². The van der Waals surface area contributed by atoms with Gasteiger partial charge in [-0.1, -0.05) is 0 Å². The van der Waals surface area contributed by atoms with Gasteiger partial charge in [0.2, 0.25) is 0 Å². The predicted octanol–water partition coefficient (Wildman–Crippen LogP) is 0.855. The Labute approximate surface area is 117 Å². The normalized spacial score (nSPS) is 21.5. The van der Waals surface area contributed by atoms with Crippen LogP contribution in [0, 0.1) is 0 Å². The van der Waals surface area contributed by atoms with E-state index in [4.69, 9.17) is 0 Å². The average Bonchev–Trinajstić information content (AvgIpc) is 2.38. The van der Waals surface area contributed by atoms with E-state index in [1.165, 1.54) is 12.8 Å². The number of nitrogens with one attached hydrogen (secondary N) is 1. The zero-order valence-corrected chi connectivity index (χ0v) is 12.8. The molecule has 0 aromatic heterocycles. The number of hydrogen-bond donors (Lipinski definition) is 2. The minimum Gasteiger partial charge on any atom is -0.480 e. The molecule has 5 nitrogen and oxygen atoms in total. The second-order valence-corrected chi connectivity index (χ2v) is 6.03. The lowest BCUT2D eigenvalue weighted by molar-refractivity contribution is -0.144. The van der Waals surface area contributed by atoms with Gasteiger partial charge in [0.25, 0.3) is 0 Å². The Morgan fingerprint density at radius 2 is 2.00 bits per heavy atom. The number of nitrogens with zero attached hydrogens (tertiary/aromatic N) is 2. The smallest absolute Gasteiger partial charge is 0.323 e. The van der Waals surface area contributed by atoms with Crippen LogP contribution in [-0.2, 0) is 4.79 Å². The van der Waals surface area contributed by atoms with Gasteiger partial charge in [-0.15, -0.1) is 0 Å². The van der Waals surface area contributed by atoms with Crippen molar-refractivity contribution in [3.63, 3.8) is 0 Å². The highest BCUT2D eigenvalue weighted by Gasteiger charge is 2.30. The Kier molecular flexibility index (Phi) is 6.23. The largest absolute Gasteiger partial charge is 0.480 e. The van der Waals surface area contributed by atoms with Gasteiger partial charge in [-0.05, 0) is 73.4 Å². The average molecular weight is 271 g/mol. The number of rotatable bonds is 7. The van der Waals surface area contributed by atoms with Gasteiger partial charge in [0, 0.05) is 6.04 Å². The van der Waals surface area contributed by atoms with Crippen LogP contribution >= 0.6 is 0 Å². The van der Waals surface area contributed by atoms with Crippen molar-refractivity contribution in [3.8, 4) is 0 Å². The summed E-state index contributed by atoms with van der Waals surface area (Å²) in [5.74, 6) is -0.763. The lowest BCUT2D eigenvalue weighted by Gasteiger charge is -2.35. The van der Waals surface area contributed by atoms with Crippen molar-refractivity contribution in [2.45, 2.75) is 44.2 Å². The van der Waals surface area contributed by atoms with E-state index >= 15 is 0 Å². The molecular weight excluding hydrogens is 242 g/mol. The molecule has 1 heterocycles. The summed E-state index contributed by atoms with van der Waals surface area (Å²) in [5.41, 5.74) is -0.790. The van der Waals surface area contributed by atoms with E-state index < -0.39 is 11.5 Å². The number of carboxylic acids is 1. The Morgan fingerprint density at radius 3 is 2.42 bits per heavy atom. The number of hydrogen-bond acceptors (Lipinski definition) is 4. The fraction of sp³-hybridized carbons (Fsp3) is 0.929. The molecule has 1 unspecified atom stereocenters. The number of carbonyl (C=O) groups is 1. The topological polar surface area (TPSA) is 55.8 Å². The van der Waals surface area contributed by atoms with Crippen LogP contribution in [-0.4, -0.2) is 73.2 Å². The van der Waals surface area contributed by atoms with Gasteiger partial charge < -0.3 is 20.2 Å². The first-order valence-corrected chi connectivity index (χ1v) is 7.20. The monoisotopic (exact) mass is 271 g/mol. The lowest BCUT2D eigenvalue weighted by atomic mass is 9.95. The van der Waals surface area contributed by atoms with Crippen molar-refractivity contribution in [2.75, 3.05) is 40.8 Å². The Morgan fingerprint density at radius 1 is 1.42 bits per heavy atom. The molecule has 1 atom stereocenters. The van der Waals surface area contributed by atoms with Crippen LogP contribution in [0.25, 0.3) is 0 Å². The van der Waals surface area contributed by atoms with Crippen LogP contribution in [0.1, 0.15) is 32.6 Å². The van der Waals surface area contributed by atoms with Gasteiger partial charge in [0.15, 0.2) is 0 Å². The molecule has 0 saturated carbocycles. The summed E-state index contributed by atoms with van der Waals surface area (Å²) in [6.07, 6.45) is 4.03. The van der Waals surface area contributed by atoms with E-state index in [-0.39, 0.29) is 0 Å². The van der Waals surface area contributed by atoms with Crippen LogP contribution in [0.4, 0.5) is 0 Å². The minimum absolute atomic E-state index is 0.673. The molecule has 5 heteroatoms. The maximum atomic E-state index is 11.2. The van der Waals surface area contributed by atoms with Gasteiger partial charge >= 0.3 is 5.97 Å². The molecule has 0 radical (unpaired) electrons. The first kappa shape index (κ1) is 16.4. The molecule has 0 bridgehead atoms. The third-order valence-corrected chi connectivity index (χ3v) is 4.46. The second-order valence-electron chi connectivity index (χ2n) is 6.03. The Balaban J connectivity index is 2.26. The number of carboxylic acid groups (broad SMARTS) is 1. The second kappa shape index (κ2) is 7.22. The molecular formula is C14H29N3O2.